The molecule has 0 saturated carbocycles. The van der Waals surface area contributed by atoms with Gasteiger partial charge in [0.1, 0.15) is 5.25 Å². The molecule has 0 N–H and O–H groups in total. The van der Waals surface area contributed by atoms with Crippen LogP contribution in [0.15, 0.2) is 53.7 Å². The quantitative estimate of drug-likeness (QED) is 0.308. The summed E-state index contributed by atoms with van der Waals surface area (Å²) in [5.74, 6) is 0.303. The van der Waals surface area contributed by atoms with Crippen molar-refractivity contribution in [2.75, 3.05) is 6.61 Å². The number of halogens is 2. The van der Waals surface area contributed by atoms with E-state index in [4.69, 9.17) is 27.9 Å². The van der Waals surface area contributed by atoms with Crippen molar-refractivity contribution in [3.05, 3.63) is 58.6 Å². The third-order valence-electron chi connectivity index (χ3n) is 4.19. The number of ether oxygens (including phenoxy) is 1. The van der Waals surface area contributed by atoms with Crippen molar-refractivity contribution in [1.29, 1.82) is 0 Å². The monoisotopic (exact) mass is 449 g/mol. The van der Waals surface area contributed by atoms with Gasteiger partial charge in [-0.25, -0.2) is 0 Å². The average Bonchev–Trinajstić information content (AvgIpc) is 3.11. The van der Waals surface area contributed by atoms with Crippen molar-refractivity contribution >= 4 is 40.9 Å². The number of esters is 1. The average molecular weight is 450 g/mol. The summed E-state index contributed by atoms with van der Waals surface area (Å²) >= 11 is 14.2. The predicted octanol–water partition coefficient (Wildman–Crippen LogP) is 6.07. The molecular formula is C21H21Cl2N3O2S. The van der Waals surface area contributed by atoms with Gasteiger partial charge in [0.25, 0.3) is 0 Å². The Balaban J connectivity index is 2.12. The summed E-state index contributed by atoms with van der Waals surface area (Å²) < 4.78 is 7.09. The number of carbonyl (C=O) groups is 1. The Kier molecular flexibility index (Phi) is 7.58. The highest BCUT2D eigenvalue weighted by atomic mass is 35.5. The van der Waals surface area contributed by atoms with Gasteiger partial charge in [0.05, 0.1) is 22.3 Å². The fourth-order valence-electron chi connectivity index (χ4n) is 2.86. The van der Waals surface area contributed by atoms with Gasteiger partial charge in [0.2, 0.25) is 0 Å². The lowest BCUT2D eigenvalue weighted by molar-refractivity contribution is -0.142. The van der Waals surface area contributed by atoms with Crippen LogP contribution in [0, 0.1) is 0 Å². The first-order chi connectivity index (χ1) is 14.1. The van der Waals surface area contributed by atoms with Crippen molar-refractivity contribution in [3.8, 4) is 17.1 Å². The maximum atomic E-state index is 12.4. The van der Waals surface area contributed by atoms with Crippen molar-refractivity contribution < 1.29 is 9.53 Å². The number of nitrogens with zero attached hydrogens (tertiary/aromatic N) is 3. The van der Waals surface area contributed by atoms with Crippen LogP contribution in [0.1, 0.15) is 26.7 Å². The number of benzene rings is 2. The van der Waals surface area contributed by atoms with Gasteiger partial charge in [0, 0.05) is 5.56 Å². The number of hydrogen-bond acceptors (Lipinski definition) is 5. The Bertz CT molecular complexity index is 994. The summed E-state index contributed by atoms with van der Waals surface area (Å²) in [4.78, 5) is 12.4. The number of thioether (sulfide) groups is 1. The zero-order valence-corrected chi connectivity index (χ0v) is 18.5. The van der Waals surface area contributed by atoms with E-state index in [2.05, 4.69) is 10.2 Å². The molecule has 0 amide bonds. The van der Waals surface area contributed by atoms with E-state index < -0.39 is 0 Å². The number of hydrogen-bond donors (Lipinski definition) is 0. The minimum absolute atomic E-state index is 0.257. The lowest BCUT2D eigenvalue weighted by Crippen LogP contribution is -2.20. The zero-order valence-electron chi connectivity index (χ0n) is 16.1. The van der Waals surface area contributed by atoms with Crippen molar-refractivity contribution in [2.45, 2.75) is 37.1 Å². The van der Waals surface area contributed by atoms with E-state index >= 15 is 0 Å². The van der Waals surface area contributed by atoms with Crippen LogP contribution in [0.5, 0.6) is 0 Å². The third kappa shape index (κ3) is 4.94. The molecule has 0 bridgehead atoms. The smallest absolute Gasteiger partial charge is 0.319 e. The van der Waals surface area contributed by atoms with Gasteiger partial charge in [-0.2, -0.15) is 0 Å². The molecule has 1 heterocycles. The Morgan fingerprint density at radius 2 is 1.76 bits per heavy atom. The molecule has 2 aromatic carbocycles. The second-order valence-corrected chi connectivity index (χ2v) is 8.20. The van der Waals surface area contributed by atoms with E-state index in [0.717, 1.165) is 17.7 Å². The van der Waals surface area contributed by atoms with Crippen LogP contribution in [0.3, 0.4) is 0 Å². The lowest BCUT2D eigenvalue weighted by Gasteiger charge is -2.16. The molecule has 0 fully saturated rings. The van der Waals surface area contributed by atoms with Crippen LogP contribution in [0.4, 0.5) is 0 Å². The van der Waals surface area contributed by atoms with Crippen LogP contribution in [0.2, 0.25) is 10.0 Å². The number of rotatable bonds is 8. The molecular weight excluding hydrogens is 429 g/mol. The first-order valence-electron chi connectivity index (χ1n) is 9.35. The molecule has 29 heavy (non-hydrogen) atoms. The Morgan fingerprint density at radius 1 is 1.07 bits per heavy atom. The Hall–Kier alpha value is -2.02. The molecule has 152 valence electrons. The van der Waals surface area contributed by atoms with Crippen molar-refractivity contribution in [1.82, 2.24) is 14.8 Å². The van der Waals surface area contributed by atoms with E-state index in [1.54, 1.807) is 19.1 Å². The molecule has 1 aromatic heterocycles. The highest BCUT2D eigenvalue weighted by Crippen LogP contribution is 2.36. The zero-order chi connectivity index (χ0) is 20.8. The standard InChI is InChI=1S/C21H21Cl2N3O2S/c1-3-9-18(20(27)28-4-2)29-21-25-24-19(14-10-5-6-11-15(14)22)26(21)17-13-8-7-12-16(17)23/h5-8,10-13,18H,3-4,9H2,1-2H3/t18-/m0/s1. The number of para-hydroxylation sites is 1. The van der Waals surface area contributed by atoms with Gasteiger partial charge < -0.3 is 4.74 Å². The van der Waals surface area contributed by atoms with Gasteiger partial charge in [-0.15, -0.1) is 10.2 Å². The van der Waals surface area contributed by atoms with Gasteiger partial charge in [-0.3, -0.25) is 9.36 Å². The largest absolute Gasteiger partial charge is 0.465 e. The van der Waals surface area contributed by atoms with E-state index in [0.29, 0.717) is 34.1 Å². The van der Waals surface area contributed by atoms with Gasteiger partial charge in [0.15, 0.2) is 11.0 Å². The first kappa shape index (κ1) is 21.7. The molecule has 5 nitrogen and oxygen atoms in total. The van der Waals surface area contributed by atoms with E-state index in [9.17, 15) is 4.79 Å². The molecule has 0 aliphatic carbocycles. The summed E-state index contributed by atoms with van der Waals surface area (Å²) in [7, 11) is 0. The summed E-state index contributed by atoms with van der Waals surface area (Å²) in [6.45, 7) is 4.16. The van der Waals surface area contributed by atoms with Crippen LogP contribution in [0.25, 0.3) is 17.1 Å². The number of aromatic nitrogens is 3. The predicted molar refractivity (Wildman–Crippen MR) is 118 cm³/mol. The Labute approximate surface area is 184 Å². The minimum Gasteiger partial charge on any atom is -0.465 e. The molecule has 3 rings (SSSR count). The first-order valence-corrected chi connectivity index (χ1v) is 11.0. The van der Waals surface area contributed by atoms with Gasteiger partial charge in [-0.05, 0) is 37.6 Å². The lowest BCUT2D eigenvalue weighted by atomic mass is 10.2. The normalized spacial score (nSPS) is 12.0. The molecule has 8 heteroatoms. The minimum atomic E-state index is -0.385. The van der Waals surface area contributed by atoms with Crippen LogP contribution in [-0.2, 0) is 9.53 Å². The molecule has 3 aromatic rings. The Morgan fingerprint density at radius 3 is 2.41 bits per heavy atom. The summed E-state index contributed by atoms with van der Waals surface area (Å²) in [6, 6.07) is 14.9. The summed E-state index contributed by atoms with van der Waals surface area (Å²) in [5, 5.41) is 10.0. The number of carbonyl (C=O) groups excluding carboxylic acids is 1. The molecule has 0 spiro atoms. The van der Waals surface area contributed by atoms with Crippen molar-refractivity contribution in [2.24, 2.45) is 0 Å². The van der Waals surface area contributed by atoms with E-state index in [-0.39, 0.29) is 11.2 Å². The van der Waals surface area contributed by atoms with E-state index in [1.807, 2.05) is 47.9 Å². The molecule has 0 aliphatic rings. The highest BCUT2D eigenvalue weighted by Gasteiger charge is 2.26. The molecule has 0 aliphatic heterocycles. The van der Waals surface area contributed by atoms with Crippen LogP contribution >= 0.6 is 35.0 Å². The molecule has 0 radical (unpaired) electrons. The topological polar surface area (TPSA) is 57.0 Å². The van der Waals surface area contributed by atoms with Crippen molar-refractivity contribution in [3.63, 3.8) is 0 Å². The molecule has 0 unspecified atom stereocenters. The molecule has 1 atom stereocenters. The summed E-state index contributed by atoms with van der Waals surface area (Å²) in [5.41, 5.74) is 1.45. The SMILES string of the molecule is CCC[C@H](Sc1nnc(-c2ccccc2Cl)n1-c1ccccc1Cl)C(=O)OCC. The second kappa shape index (κ2) is 10.1. The van der Waals surface area contributed by atoms with E-state index in [1.165, 1.54) is 11.8 Å². The van der Waals surface area contributed by atoms with Gasteiger partial charge >= 0.3 is 5.97 Å². The maximum Gasteiger partial charge on any atom is 0.319 e. The highest BCUT2D eigenvalue weighted by molar-refractivity contribution is 8.00. The fraction of sp³-hybridized carbons (Fsp3) is 0.286. The maximum absolute atomic E-state index is 12.4. The van der Waals surface area contributed by atoms with Gasteiger partial charge in [-0.1, -0.05) is 72.6 Å². The second-order valence-electron chi connectivity index (χ2n) is 6.22. The van der Waals surface area contributed by atoms with Crippen LogP contribution < -0.4 is 0 Å². The fourth-order valence-corrected chi connectivity index (χ4v) is 4.45. The summed E-state index contributed by atoms with van der Waals surface area (Å²) in [6.07, 6.45) is 1.51. The third-order valence-corrected chi connectivity index (χ3v) is 6.03. The van der Waals surface area contributed by atoms with Crippen LogP contribution in [-0.4, -0.2) is 32.6 Å². The molecule has 0 saturated heterocycles.